The minimum absolute atomic E-state index is 0.675. The predicted molar refractivity (Wildman–Crippen MR) is 158 cm³/mol. The molecule has 0 amide bonds. The van der Waals surface area contributed by atoms with E-state index in [2.05, 4.69) is 89.3 Å². The van der Waals surface area contributed by atoms with Gasteiger partial charge in [-0.05, 0) is 78.9 Å². The lowest BCUT2D eigenvalue weighted by Gasteiger charge is -2.37. The highest BCUT2D eigenvalue weighted by molar-refractivity contribution is 9.10. The highest BCUT2D eigenvalue weighted by Gasteiger charge is 2.30. The van der Waals surface area contributed by atoms with Gasteiger partial charge in [-0.1, -0.05) is 65.3 Å². The van der Waals surface area contributed by atoms with Crippen LogP contribution in [0.25, 0.3) is 16.9 Å². The SMILES string of the molecule is CC.CCC.Cc1ccccc1-c1cc(NCC2CCCN(C3CCC(C)C3)C2)n2ncc(Br)c2n1. The van der Waals surface area contributed by atoms with Crippen molar-refractivity contribution in [3.63, 3.8) is 0 Å². The van der Waals surface area contributed by atoms with Crippen LogP contribution in [0.1, 0.15) is 78.7 Å². The van der Waals surface area contributed by atoms with Crippen LogP contribution in [0.15, 0.2) is 41.0 Å². The first-order chi connectivity index (χ1) is 17.5. The van der Waals surface area contributed by atoms with Crippen molar-refractivity contribution in [3.8, 4) is 11.3 Å². The molecule has 198 valence electrons. The smallest absolute Gasteiger partial charge is 0.172 e. The van der Waals surface area contributed by atoms with Gasteiger partial charge in [0.15, 0.2) is 5.65 Å². The Labute approximate surface area is 227 Å². The molecule has 0 spiro atoms. The zero-order valence-corrected chi connectivity index (χ0v) is 24.8. The molecule has 0 radical (unpaired) electrons. The third kappa shape index (κ3) is 7.10. The van der Waals surface area contributed by atoms with Crippen LogP contribution in [0.4, 0.5) is 5.82 Å². The van der Waals surface area contributed by atoms with E-state index in [0.29, 0.717) is 5.92 Å². The largest absolute Gasteiger partial charge is 0.370 e. The van der Waals surface area contributed by atoms with Gasteiger partial charge in [0.2, 0.25) is 0 Å². The lowest BCUT2D eigenvalue weighted by Crippen LogP contribution is -2.43. The van der Waals surface area contributed by atoms with E-state index < -0.39 is 0 Å². The fraction of sp³-hybridized carbons (Fsp3) is 0.600. The Bertz CT molecular complexity index is 1080. The van der Waals surface area contributed by atoms with Crippen LogP contribution in [0.5, 0.6) is 0 Å². The van der Waals surface area contributed by atoms with Gasteiger partial charge in [-0.3, -0.25) is 0 Å². The van der Waals surface area contributed by atoms with Crippen LogP contribution in [0.2, 0.25) is 0 Å². The minimum atomic E-state index is 0.675. The number of benzene rings is 1. The molecule has 1 aliphatic carbocycles. The average molecular weight is 557 g/mol. The second-order valence-corrected chi connectivity index (χ2v) is 11.1. The maximum absolute atomic E-state index is 4.90. The van der Waals surface area contributed by atoms with Crippen molar-refractivity contribution in [2.45, 2.75) is 86.1 Å². The molecule has 5 rings (SSSR count). The number of hydrogen-bond donors (Lipinski definition) is 1. The molecule has 1 N–H and O–H groups in total. The molecule has 36 heavy (non-hydrogen) atoms. The molecule has 0 bridgehead atoms. The van der Waals surface area contributed by atoms with Crippen molar-refractivity contribution in [2.24, 2.45) is 11.8 Å². The van der Waals surface area contributed by atoms with E-state index >= 15 is 0 Å². The summed E-state index contributed by atoms with van der Waals surface area (Å²) in [5, 5.41) is 8.29. The number of aromatic nitrogens is 3. The van der Waals surface area contributed by atoms with Crippen LogP contribution in [0, 0.1) is 18.8 Å². The van der Waals surface area contributed by atoms with Gasteiger partial charge < -0.3 is 10.2 Å². The third-order valence-corrected chi connectivity index (χ3v) is 7.71. The topological polar surface area (TPSA) is 45.5 Å². The van der Waals surface area contributed by atoms with Gasteiger partial charge in [-0.2, -0.15) is 9.61 Å². The monoisotopic (exact) mass is 555 g/mol. The third-order valence-electron chi connectivity index (χ3n) is 7.16. The maximum Gasteiger partial charge on any atom is 0.172 e. The van der Waals surface area contributed by atoms with E-state index in [4.69, 9.17) is 4.98 Å². The van der Waals surface area contributed by atoms with Crippen molar-refractivity contribution in [2.75, 3.05) is 25.0 Å². The molecule has 6 heteroatoms. The van der Waals surface area contributed by atoms with Crippen molar-refractivity contribution in [1.29, 1.82) is 0 Å². The highest BCUT2D eigenvalue weighted by Crippen LogP contribution is 2.32. The summed E-state index contributed by atoms with van der Waals surface area (Å²) in [5.41, 5.74) is 4.24. The maximum atomic E-state index is 4.90. The van der Waals surface area contributed by atoms with E-state index in [1.165, 1.54) is 62.7 Å². The van der Waals surface area contributed by atoms with Gasteiger partial charge >= 0.3 is 0 Å². The Morgan fingerprint density at radius 2 is 1.86 bits per heavy atom. The van der Waals surface area contributed by atoms with Crippen LogP contribution < -0.4 is 5.32 Å². The number of rotatable bonds is 5. The molecule has 1 aromatic carbocycles. The summed E-state index contributed by atoms with van der Waals surface area (Å²) in [7, 11) is 0. The number of nitrogens with zero attached hydrogens (tertiary/aromatic N) is 4. The Kier molecular flexibility index (Phi) is 11.2. The zero-order valence-electron chi connectivity index (χ0n) is 23.2. The fourth-order valence-electron chi connectivity index (χ4n) is 5.41. The summed E-state index contributed by atoms with van der Waals surface area (Å²) >= 11 is 3.62. The number of nitrogens with one attached hydrogen (secondary N) is 1. The molecule has 3 aromatic rings. The van der Waals surface area contributed by atoms with Gasteiger partial charge in [0, 0.05) is 30.8 Å². The van der Waals surface area contributed by atoms with Gasteiger partial charge in [0.25, 0.3) is 0 Å². The van der Waals surface area contributed by atoms with Gasteiger partial charge in [0.05, 0.1) is 16.4 Å². The van der Waals surface area contributed by atoms with Crippen LogP contribution in [0.3, 0.4) is 0 Å². The molecule has 1 saturated carbocycles. The predicted octanol–water partition coefficient (Wildman–Crippen LogP) is 8.22. The average Bonchev–Trinajstić information content (AvgIpc) is 3.50. The van der Waals surface area contributed by atoms with E-state index in [1.807, 2.05) is 24.6 Å². The zero-order chi connectivity index (χ0) is 26.1. The second kappa shape index (κ2) is 14.1. The molecule has 3 heterocycles. The summed E-state index contributed by atoms with van der Waals surface area (Å²) in [4.78, 5) is 7.67. The van der Waals surface area contributed by atoms with Crippen molar-refractivity contribution in [3.05, 3.63) is 46.6 Å². The first-order valence-electron chi connectivity index (χ1n) is 14.1. The quantitative estimate of drug-likeness (QED) is 0.344. The standard InChI is InChI=1S/C25H32BrN5.C3H8.C2H6/c1-17-9-10-20(12-17)30-11-5-7-19(16-30)14-27-24-13-23(21-8-4-3-6-18(21)2)29-25-22(26)15-28-31(24)25;1-3-2;1-2/h3-4,6,8,13,15,17,19-20,27H,5,7,9-12,14,16H2,1-2H3;3H2,1-2H3;1-2H3. The molecule has 2 aliphatic rings. The van der Waals surface area contributed by atoms with E-state index in [1.54, 1.807) is 0 Å². The Hall–Kier alpha value is -1.92. The fourth-order valence-corrected chi connectivity index (χ4v) is 5.76. The van der Waals surface area contributed by atoms with Gasteiger partial charge in [-0.25, -0.2) is 4.98 Å². The molecule has 1 aliphatic heterocycles. The molecular formula is C30H46BrN5. The van der Waals surface area contributed by atoms with Crippen LogP contribution in [-0.2, 0) is 0 Å². The van der Waals surface area contributed by atoms with Crippen molar-refractivity contribution < 1.29 is 0 Å². The van der Waals surface area contributed by atoms with Crippen molar-refractivity contribution in [1.82, 2.24) is 19.5 Å². The summed E-state index contributed by atoms with van der Waals surface area (Å²) in [6.45, 7) is 16.3. The molecule has 1 saturated heterocycles. The molecular weight excluding hydrogens is 510 g/mol. The Morgan fingerprint density at radius 3 is 2.56 bits per heavy atom. The van der Waals surface area contributed by atoms with Crippen LogP contribution >= 0.6 is 15.9 Å². The number of likely N-dealkylation sites (tertiary alicyclic amines) is 1. The molecule has 3 unspecified atom stereocenters. The highest BCUT2D eigenvalue weighted by atomic mass is 79.9. The summed E-state index contributed by atoms with van der Waals surface area (Å²) in [6.07, 6.45) is 9.85. The Morgan fingerprint density at radius 1 is 1.11 bits per heavy atom. The Balaban J connectivity index is 0.000000674. The minimum Gasteiger partial charge on any atom is -0.370 e. The van der Waals surface area contributed by atoms with E-state index in [-0.39, 0.29) is 0 Å². The van der Waals surface area contributed by atoms with E-state index in [0.717, 1.165) is 40.1 Å². The second-order valence-electron chi connectivity index (χ2n) is 10.2. The number of hydrogen-bond acceptors (Lipinski definition) is 4. The lowest BCUT2D eigenvalue weighted by molar-refractivity contribution is 0.127. The first-order valence-corrected chi connectivity index (χ1v) is 14.9. The molecule has 5 nitrogen and oxygen atoms in total. The van der Waals surface area contributed by atoms with Gasteiger partial charge in [-0.15, -0.1) is 0 Å². The summed E-state index contributed by atoms with van der Waals surface area (Å²) in [5.74, 6) is 2.58. The lowest BCUT2D eigenvalue weighted by atomic mass is 9.96. The number of aryl methyl sites for hydroxylation is 1. The first kappa shape index (κ1) is 28.6. The number of halogens is 1. The number of fused-ring (bicyclic) bond motifs is 1. The molecule has 2 fully saturated rings. The van der Waals surface area contributed by atoms with Crippen LogP contribution in [-0.4, -0.2) is 45.2 Å². The number of anilines is 1. The van der Waals surface area contributed by atoms with Gasteiger partial charge in [0.1, 0.15) is 5.82 Å². The van der Waals surface area contributed by atoms with Crippen molar-refractivity contribution >= 4 is 27.4 Å². The molecule has 2 aromatic heterocycles. The summed E-state index contributed by atoms with van der Waals surface area (Å²) in [6, 6.07) is 11.4. The van der Waals surface area contributed by atoms with E-state index in [9.17, 15) is 0 Å². The summed E-state index contributed by atoms with van der Waals surface area (Å²) < 4.78 is 2.84. The molecule has 3 atom stereocenters. The normalized spacial score (nSPS) is 21.9. The number of piperidine rings is 1.